The maximum atomic E-state index is 12.6. The van der Waals surface area contributed by atoms with E-state index in [1.165, 1.54) is 24.3 Å². The van der Waals surface area contributed by atoms with Crippen LogP contribution in [-0.2, 0) is 13.1 Å². The summed E-state index contributed by atoms with van der Waals surface area (Å²) < 4.78 is 0. The zero-order chi connectivity index (χ0) is 20.6. The molecule has 0 heterocycles. The Morgan fingerprint density at radius 3 is 1.72 bits per heavy atom. The predicted octanol–water partition coefficient (Wildman–Crippen LogP) is 3.99. The van der Waals surface area contributed by atoms with E-state index in [0.717, 1.165) is 11.1 Å². The average Bonchev–Trinajstić information content (AvgIpc) is 2.74. The second-order valence-corrected chi connectivity index (χ2v) is 6.81. The van der Waals surface area contributed by atoms with Crippen LogP contribution in [0.15, 0.2) is 84.9 Å². The SMILES string of the molecule is O=C(NC(=S)N(Cc1ccccc1)Cc1ccccc1)c1ccc(N(O)O)cc1. The Hall–Kier alpha value is -3.26. The van der Waals surface area contributed by atoms with Crippen molar-refractivity contribution in [2.75, 3.05) is 5.23 Å². The number of nitrogens with one attached hydrogen (secondary N) is 1. The fraction of sp³-hybridized carbons (Fsp3) is 0.0909. The minimum absolute atomic E-state index is 0.00618. The van der Waals surface area contributed by atoms with Gasteiger partial charge in [-0.2, -0.15) is 0 Å². The van der Waals surface area contributed by atoms with E-state index in [9.17, 15) is 4.79 Å². The van der Waals surface area contributed by atoms with Crippen LogP contribution in [0.2, 0.25) is 0 Å². The normalized spacial score (nSPS) is 10.3. The van der Waals surface area contributed by atoms with Gasteiger partial charge in [0, 0.05) is 18.7 Å². The van der Waals surface area contributed by atoms with Crippen LogP contribution in [0.3, 0.4) is 0 Å². The van der Waals surface area contributed by atoms with Crippen molar-refractivity contribution in [1.29, 1.82) is 0 Å². The third-order valence-electron chi connectivity index (χ3n) is 4.30. The molecule has 0 aromatic heterocycles. The molecule has 0 bridgehead atoms. The Morgan fingerprint density at radius 2 is 1.28 bits per heavy atom. The maximum absolute atomic E-state index is 12.6. The number of hydrogen-bond acceptors (Lipinski definition) is 5. The van der Waals surface area contributed by atoms with Gasteiger partial charge in [-0.15, -0.1) is 5.23 Å². The van der Waals surface area contributed by atoms with E-state index in [1.807, 2.05) is 65.6 Å². The lowest BCUT2D eigenvalue weighted by molar-refractivity contribution is 0.0291. The number of anilines is 1. The van der Waals surface area contributed by atoms with Crippen molar-refractivity contribution < 1.29 is 15.2 Å². The Balaban J connectivity index is 1.73. The third kappa shape index (κ3) is 5.86. The first-order valence-corrected chi connectivity index (χ1v) is 9.40. The first-order chi connectivity index (χ1) is 14.0. The molecule has 0 aliphatic carbocycles. The third-order valence-corrected chi connectivity index (χ3v) is 4.66. The number of rotatable bonds is 6. The molecule has 148 valence electrons. The fourth-order valence-electron chi connectivity index (χ4n) is 2.80. The summed E-state index contributed by atoms with van der Waals surface area (Å²) in [5, 5.41) is 21.1. The molecule has 0 unspecified atom stereocenters. The Bertz CT molecular complexity index is 907. The van der Waals surface area contributed by atoms with Gasteiger partial charge in [-0.25, -0.2) is 0 Å². The lowest BCUT2D eigenvalue weighted by atomic mass is 10.1. The highest BCUT2D eigenvalue weighted by atomic mass is 32.1. The zero-order valence-corrected chi connectivity index (χ0v) is 16.4. The van der Waals surface area contributed by atoms with E-state index in [1.54, 1.807) is 0 Å². The lowest BCUT2D eigenvalue weighted by Crippen LogP contribution is -2.42. The van der Waals surface area contributed by atoms with Crippen molar-refractivity contribution in [2.45, 2.75) is 13.1 Å². The minimum atomic E-state index is -0.366. The van der Waals surface area contributed by atoms with E-state index in [2.05, 4.69) is 5.32 Å². The van der Waals surface area contributed by atoms with Gasteiger partial charge in [-0.05, 0) is 47.6 Å². The smallest absolute Gasteiger partial charge is 0.257 e. The average molecular weight is 407 g/mol. The largest absolute Gasteiger partial charge is 0.340 e. The first-order valence-electron chi connectivity index (χ1n) is 8.99. The van der Waals surface area contributed by atoms with Crippen LogP contribution < -0.4 is 10.5 Å². The highest BCUT2D eigenvalue weighted by molar-refractivity contribution is 7.80. The van der Waals surface area contributed by atoms with Crippen molar-refractivity contribution >= 4 is 28.9 Å². The lowest BCUT2D eigenvalue weighted by Gasteiger charge is -2.26. The number of hydrogen-bond donors (Lipinski definition) is 3. The minimum Gasteiger partial charge on any atom is -0.340 e. The van der Waals surface area contributed by atoms with Gasteiger partial charge in [0.05, 0.1) is 5.69 Å². The highest BCUT2D eigenvalue weighted by Crippen LogP contribution is 2.13. The van der Waals surface area contributed by atoms with Gasteiger partial charge in [0.15, 0.2) is 5.11 Å². The number of benzene rings is 3. The van der Waals surface area contributed by atoms with E-state index in [-0.39, 0.29) is 16.8 Å². The molecule has 0 saturated heterocycles. The molecule has 0 fully saturated rings. The summed E-state index contributed by atoms with van der Waals surface area (Å²) in [6.45, 7) is 1.11. The summed E-state index contributed by atoms with van der Waals surface area (Å²) >= 11 is 5.52. The van der Waals surface area contributed by atoms with Crippen LogP contribution in [0.1, 0.15) is 21.5 Å². The van der Waals surface area contributed by atoms with Gasteiger partial charge in [-0.3, -0.25) is 20.5 Å². The quantitative estimate of drug-likeness (QED) is 0.424. The van der Waals surface area contributed by atoms with Crippen LogP contribution in [-0.4, -0.2) is 26.3 Å². The van der Waals surface area contributed by atoms with Gasteiger partial charge in [-0.1, -0.05) is 60.7 Å². The number of carbonyl (C=O) groups excluding carboxylic acids is 1. The standard InChI is InChI=1S/C22H21N3O3S/c26-21(19-11-13-20(14-12-19)25(27)28)23-22(29)24(15-17-7-3-1-4-8-17)16-18-9-5-2-6-10-18/h1-14,27-28H,15-16H2,(H,23,26,29). The molecule has 3 rings (SSSR count). The molecule has 0 aliphatic rings. The number of thiocarbonyl (C=S) groups is 1. The molecule has 0 spiro atoms. The van der Waals surface area contributed by atoms with Crippen molar-refractivity contribution in [3.8, 4) is 0 Å². The topological polar surface area (TPSA) is 76.0 Å². The van der Waals surface area contributed by atoms with Crippen LogP contribution in [0.4, 0.5) is 5.69 Å². The molecule has 0 radical (unpaired) electrons. The molecule has 3 aromatic carbocycles. The van der Waals surface area contributed by atoms with Crippen LogP contribution in [0.25, 0.3) is 0 Å². The van der Waals surface area contributed by atoms with Crippen molar-refractivity contribution in [3.63, 3.8) is 0 Å². The predicted molar refractivity (Wildman–Crippen MR) is 115 cm³/mol. The molecule has 29 heavy (non-hydrogen) atoms. The molecule has 0 aliphatic heterocycles. The second kappa shape index (κ2) is 9.79. The fourth-order valence-corrected chi connectivity index (χ4v) is 3.02. The molecule has 3 N–H and O–H groups in total. The summed E-state index contributed by atoms with van der Waals surface area (Å²) in [7, 11) is 0. The summed E-state index contributed by atoms with van der Waals surface area (Å²) in [6.07, 6.45) is 0. The maximum Gasteiger partial charge on any atom is 0.257 e. The molecule has 1 amide bonds. The summed E-state index contributed by atoms with van der Waals surface area (Å²) in [5.41, 5.74) is 2.67. The van der Waals surface area contributed by atoms with E-state index in [4.69, 9.17) is 22.6 Å². The molecule has 3 aromatic rings. The molecule has 0 atom stereocenters. The Labute approximate surface area is 174 Å². The van der Waals surface area contributed by atoms with Crippen molar-refractivity contribution in [1.82, 2.24) is 10.2 Å². The van der Waals surface area contributed by atoms with Crippen LogP contribution in [0, 0.1) is 0 Å². The van der Waals surface area contributed by atoms with Crippen molar-refractivity contribution in [3.05, 3.63) is 102 Å². The first kappa shape index (κ1) is 20.5. The van der Waals surface area contributed by atoms with E-state index >= 15 is 0 Å². The van der Waals surface area contributed by atoms with E-state index < -0.39 is 0 Å². The molecule has 7 heteroatoms. The molecule has 0 saturated carbocycles. The van der Waals surface area contributed by atoms with E-state index in [0.29, 0.717) is 23.8 Å². The zero-order valence-electron chi connectivity index (χ0n) is 15.6. The van der Waals surface area contributed by atoms with Gasteiger partial charge in [0.2, 0.25) is 0 Å². The number of carbonyl (C=O) groups is 1. The number of amides is 1. The second-order valence-electron chi connectivity index (χ2n) is 6.42. The van der Waals surface area contributed by atoms with Gasteiger partial charge < -0.3 is 4.90 Å². The summed E-state index contributed by atoms with van der Waals surface area (Å²) in [5.74, 6) is -0.366. The monoisotopic (exact) mass is 407 g/mol. The Kier molecular flexibility index (Phi) is 6.91. The molecular formula is C22H21N3O3S. The summed E-state index contributed by atoms with van der Waals surface area (Å²) in [4.78, 5) is 14.5. The van der Waals surface area contributed by atoms with Crippen LogP contribution >= 0.6 is 12.2 Å². The van der Waals surface area contributed by atoms with Gasteiger partial charge in [0.25, 0.3) is 5.91 Å². The molecular weight excluding hydrogens is 386 g/mol. The van der Waals surface area contributed by atoms with Gasteiger partial charge in [0.1, 0.15) is 0 Å². The summed E-state index contributed by atoms with van der Waals surface area (Å²) in [6, 6.07) is 25.6. The van der Waals surface area contributed by atoms with Crippen molar-refractivity contribution in [2.24, 2.45) is 0 Å². The van der Waals surface area contributed by atoms with Gasteiger partial charge >= 0.3 is 0 Å². The molecule has 6 nitrogen and oxygen atoms in total. The Morgan fingerprint density at radius 1 is 0.793 bits per heavy atom. The highest BCUT2D eigenvalue weighted by Gasteiger charge is 2.15. The van der Waals surface area contributed by atoms with Crippen LogP contribution in [0.5, 0.6) is 0 Å². The number of nitrogens with zero attached hydrogens (tertiary/aromatic N) is 2.